The predicted molar refractivity (Wildman–Crippen MR) is 185 cm³/mol. The number of hydrogen-bond donors (Lipinski definition) is 2. The minimum atomic E-state index is 0.0974. The number of amides is 2. The summed E-state index contributed by atoms with van der Waals surface area (Å²) >= 11 is 0. The van der Waals surface area contributed by atoms with Crippen LogP contribution in [-0.2, 0) is 9.59 Å². The van der Waals surface area contributed by atoms with E-state index >= 15 is 0 Å². The van der Waals surface area contributed by atoms with Crippen LogP contribution in [0.4, 0.5) is 0 Å². The van der Waals surface area contributed by atoms with E-state index in [9.17, 15) is 9.59 Å². The molecule has 0 spiro atoms. The maximum absolute atomic E-state index is 11.1. The molecule has 4 nitrogen and oxygen atoms in total. The Kier molecular flexibility index (Phi) is 32.0. The summed E-state index contributed by atoms with van der Waals surface area (Å²) in [5.74, 6) is 2.03. The highest BCUT2D eigenvalue weighted by Gasteiger charge is 2.20. The molecule has 2 atom stereocenters. The summed E-state index contributed by atoms with van der Waals surface area (Å²) in [5, 5.41) is 5.88. The van der Waals surface area contributed by atoms with Crippen molar-refractivity contribution in [3.63, 3.8) is 0 Å². The zero-order chi connectivity index (χ0) is 30.9. The lowest BCUT2D eigenvalue weighted by molar-refractivity contribution is -0.119. The van der Waals surface area contributed by atoms with Crippen molar-refractivity contribution < 1.29 is 9.59 Å². The maximum Gasteiger partial charge on any atom is 0.216 e. The molecule has 0 aliphatic carbocycles. The van der Waals surface area contributed by atoms with Crippen LogP contribution in [0.5, 0.6) is 0 Å². The molecule has 0 fully saturated rings. The summed E-state index contributed by atoms with van der Waals surface area (Å²) in [7, 11) is 0. The van der Waals surface area contributed by atoms with E-state index in [1.54, 1.807) is 13.8 Å². The predicted octanol–water partition coefficient (Wildman–Crippen LogP) is 11.5. The molecular formula is C38H76N2O2. The summed E-state index contributed by atoms with van der Waals surface area (Å²) < 4.78 is 0. The zero-order valence-electron chi connectivity index (χ0n) is 29.2. The van der Waals surface area contributed by atoms with Crippen LogP contribution >= 0.6 is 0 Å². The van der Waals surface area contributed by atoms with Gasteiger partial charge in [-0.1, -0.05) is 181 Å². The first-order valence-corrected chi connectivity index (χ1v) is 19.0. The highest BCUT2D eigenvalue weighted by molar-refractivity contribution is 5.72. The van der Waals surface area contributed by atoms with Gasteiger partial charge in [0.2, 0.25) is 11.8 Å². The van der Waals surface area contributed by atoms with E-state index in [-0.39, 0.29) is 11.8 Å². The van der Waals surface area contributed by atoms with Gasteiger partial charge in [-0.15, -0.1) is 0 Å². The number of rotatable bonds is 33. The highest BCUT2D eigenvalue weighted by Crippen LogP contribution is 2.33. The Labute approximate surface area is 264 Å². The molecule has 0 rings (SSSR count). The third-order valence-electron chi connectivity index (χ3n) is 9.27. The summed E-state index contributed by atoms with van der Waals surface area (Å²) in [4.78, 5) is 22.2. The standard InChI is InChI=1S/C38H76N2O2/c1-5-7-9-11-13-17-23-29-37(31-25-19-15-21-27-33-39-35(3)41)38(30-24-18-14-12-10-8-6-2)32-26-20-16-22-28-34-40-36(4)42/h37-38H,5-34H2,1-4H3,(H,39,41)(H,40,42). The summed E-state index contributed by atoms with van der Waals surface area (Å²) in [6.07, 6.45) is 38.4. The molecule has 2 amide bonds. The molecule has 0 saturated carbocycles. The SMILES string of the molecule is CCCCCCCCCC(CCCCCCCNC(C)=O)C(CCCCCCCCC)CCCCCCCNC(C)=O. The third-order valence-corrected chi connectivity index (χ3v) is 9.27. The summed E-state index contributed by atoms with van der Waals surface area (Å²) in [5.41, 5.74) is 0. The largest absolute Gasteiger partial charge is 0.356 e. The normalized spacial score (nSPS) is 12.8. The number of carbonyl (C=O) groups excluding carboxylic acids is 2. The minimum Gasteiger partial charge on any atom is -0.356 e. The van der Waals surface area contributed by atoms with Gasteiger partial charge in [-0.3, -0.25) is 9.59 Å². The van der Waals surface area contributed by atoms with Gasteiger partial charge in [0, 0.05) is 26.9 Å². The monoisotopic (exact) mass is 593 g/mol. The Morgan fingerprint density at radius 2 is 0.619 bits per heavy atom. The molecule has 250 valence electrons. The Hall–Kier alpha value is -1.06. The average Bonchev–Trinajstić information content (AvgIpc) is 2.96. The Bertz CT molecular complexity index is 529. The molecule has 0 aliphatic heterocycles. The van der Waals surface area contributed by atoms with Gasteiger partial charge >= 0.3 is 0 Å². The minimum absolute atomic E-state index is 0.0974. The molecule has 0 radical (unpaired) electrons. The van der Waals surface area contributed by atoms with Crippen LogP contribution in [0.15, 0.2) is 0 Å². The van der Waals surface area contributed by atoms with Crippen LogP contribution < -0.4 is 10.6 Å². The lowest BCUT2D eigenvalue weighted by Gasteiger charge is -2.28. The molecule has 0 aromatic rings. The van der Waals surface area contributed by atoms with Crippen molar-refractivity contribution in [3.05, 3.63) is 0 Å². The first-order valence-electron chi connectivity index (χ1n) is 19.0. The Morgan fingerprint density at radius 3 is 0.881 bits per heavy atom. The molecule has 42 heavy (non-hydrogen) atoms. The van der Waals surface area contributed by atoms with E-state index in [4.69, 9.17) is 0 Å². The van der Waals surface area contributed by atoms with Crippen LogP contribution in [0.25, 0.3) is 0 Å². The van der Waals surface area contributed by atoms with Gasteiger partial charge in [0.25, 0.3) is 0 Å². The fraction of sp³-hybridized carbons (Fsp3) is 0.947. The second-order valence-electron chi connectivity index (χ2n) is 13.4. The third kappa shape index (κ3) is 30.4. The zero-order valence-corrected chi connectivity index (χ0v) is 29.2. The van der Waals surface area contributed by atoms with Gasteiger partial charge in [0.1, 0.15) is 0 Å². The second-order valence-corrected chi connectivity index (χ2v) is 13.4. The molecule has 0 saturated heterocycles. The van der Waals surface area contributed by atoms with Crippen molar-refractivity contribution in [2.75, 3.05) is 13.1 Å². The average molecular weight is 593 g/mol. The van der Waals surface area contributed by atoms with Crippen molar-refractivity contribution >= 4 is 11.8 Å². The molecular weight excluding hydrogens is 516 g/mol. The quantitative estimate of drug-likeness (QED) is 0.0745. The van der Waals surface area contributed by atoms with E-state index in [2.05, 4.69) is 24.5 Å². The molecule has 0 bridgehead atoms. The Balaban J connectivity index is 4.78. The van der Waals surface area contributed by atoms with Crippen LogP contribution in [0.3, 0.4) is 0 Å². The van der Waals surface area contributed by atoms with Crippen LogP contribution in [0, 0.1) is 11.8 Å². The summed E-state index contributed by atoms with van der Waals surface area (Å²) in [6, 6.07) is 0. The first kappa shape index (κ1) is 40.9. The highest BCUT2D eigenvalue weighted by atomic mass is 16.2. The van der Waals surface area contributed by atoms with Crippen molar-refractivity contribution in [1.29, 1.82) is 0 Å². The van der Waals surface area contributed by atoms with Crippen molar-refractivity contribution in [2.45, 2.75) is 207 Å². The second kappa shape index (κ2) is 32.8. The molecule has 2 N–H and O–H groups in total. The van der Waals surface area contributed by atoms with E-state index in [0.717, 1.165) is 37.8 Å². The van der Waals surface area contributed by atoms with Crippen molar-refractivity contribution in [1.82, 2.24) is 10.6 Å². The number of hydrogen-bond acceptors (Lipinski definition) is 2. The van der Waals surface area contributed by atoms with Gasteiger partial charge in [-0.2, -0.15) is 0 Å². The van der Waals surface area contributed by atoms with Crippen LogP contribution in [0.1, 0.15) is 207 Å². The maximum atomic E-state index is 11.1. The Morgan fingerprint density at radius 1 is 0.381 bits per heavy atom. The molecule has 4 heteroatoms. The van der Waals surface area contributed by atoms with Crippen LogP contribution in [-0.4, -0.2) is 24.9 Å². The van der Waals surface area contributed by atoms with Gasteiger partial charge in [-0.05, 0) is 24.7 Å². The topological polar surface area (TPSA) is 58.2 Å². The van der Waals surface area contributed by atoms with E-state index < -0.39 is 0 Å². The van der Waals surface area contributed by atoms with Crippen molar-refractivity contribution in [2.24, 2.45) is 11.8 Å². The number of nitrogens with one attached hydrogen (secondary N) is 2. The lowest BCUT2D eigenvalue weighted by atomic mass is 9.78. The van der Waals surface area contributed by atoms with Crippen molar-refractivity contribution in [3.8, 4) is 0 Å². The molecule has 2 unspecified atom stereocenters. The smallest absolute Gasteiger partial charge is 0.216 e. The van der Waals surface area contributed by atoms with Crippen LogP contribution in [0.2, 0.25) is 0 Å². The molecule has 0 heterocycles. The lowest BCUT2D eigenvalue weighted by Crippen LogP contribution is -2.20. The fourth-order valence-corrected chi connectivity index (χ4v) is 6.61. The van der Waals surface area contributed by atoms with E-state index in [0.29, 0.717) is 0 Å². The van der Waals surface area contributed by atoms with Gasteiger partial charge < -0.3 is 10.6 Å². The fourth-order valence-electron chi connectivity index (χ4n) is 6.61. The summed E-state index contributed by atoms with van der Waals surface area (Å²) in [6.45, 7) is 9.52. The number of unbranched alkanes of at least 4 members (excludes halogenated alkanes) is 20. The van der Waals surface area contributed by atoms with Gasteiger partial charge in [-0.25, -0.2) is 0 Å². The van der Waals surface area contributed by atoms with E-state index in [1.807, 2.05) is 0 Å². The molecule has 0 aromatic heterocycles. The van der Waals surface area contributed by atoms with Gasteiger partial charge in [0.05, 0.1) is 0 Å². The molecule has 0 aromatic carbocycles. The van der Waals surface area contributed by atoms with E-state index in [1.165, 1.54) is 167 Å². The first-order chi connectivity index (χ1) is 20.5. The molecule has 0 aliphatic rings. The number of carbonyl (C=O) groups is 2. The van der Waals surface area contributed by atoms with Gasteiger partial charge in [0.15, 0.2) is 0 Å².